The zero-order valence-electron chi connectivity index (χ0n) is 14.2. The Kier molecular flexibility index (Phi) is 5.19. The van der Waals surface area contributed by atoms with Gasteiger partial charge in [-0.2, -0.15) is 0 Å². The average Bonchev–Trinajstić information content (AvgIpc) is 2.98. The topological polar surface area (TPSA) is 75.4 Å². The van der Waals surface area contributed by atoms with Crippen LogP contribution in [-0.2, 0) is 22.7 Å². The van der Waals surface area contributed by atoms with Gasteiger partial charge in [0.1, 0.15) is 0 Å². The molecular weight excluding hydrogens is 302 g/mol. The van der Waals surface area contributed by atoms with Crippen molar-refractivity contribution in [1.82, 2.24) is 10.2 Å². The molecule has 3 rings (SSSR count). The van der Waals surface area contributed by atoms with Gasteiger partial charge in [-0.3, -0.25) is 9.59 Å². The minimum absolute atomic E-state index is 0.0395. The van der Waals surface area contributed by atoms with Gasteiger partial charge in [0.15, 0.2) is 0 Å². The molecule has 0 bridgehead atoms. The molecule has 2 amide bonds. The minimum atomic E-state index is -0.697. The first kappa shape index (κ1) is 17.0. The van der Waals surface area contributed by atoms with E-state index >= 15 is 0 Å². The monoisotopic (exact) mass is 329 g/mol. The summed E-state index contributed by atoms with van der Waals surface area (Å²) < 4.78 is 0. The smallest absolute Gasteiger partial charge is 0.240 e. The second kappa shape index (κ2) is 7.34. The Morgan fingerprint density at radius 1 is 1.17 bits per heavy atom. The third-order valence-electron chi connectivity index (χ3n) is 5.19. The predicted octanol–water partition coefficient (Wildman–Crippen LogP) is 2.09. The summed E-state index contributed by atoms with van der Waals surface area (Å²) in [6, 6.07) is 8.08. The molecular formula is C19H27N3O2. The first-order chi connectivity index (χ1) is 11.6. The first-order valence-electron chi connectivity index (χ1n) is 9.00. The van der Waals surface area contributed by atoms with Crippen LogP contribution in [0.1, 0.15) is 56.1 Å². The number of rotatable bonds is 5. The van der Waals surface area contributed by atoms with Gasteiger partial charge in [0, 0.05) is 26.1 Å². The van der Waals surface area contributed by atoms with Crippen molar-refractivity contribution in [1.29, 1.82) is 0 Å². The molecule has 1 aromatic carbocycles. The molecule has 1 aliphatic heterocycles. The van der Waals surface area contributed by atoms with Crippen LogP contribution in [0.2, 0.25) is 0 Å². The SMILES string of the molecule is NC1(C(=O)NCc2cccc(CN3CCCC3=O)c2)CCCCC1. The molecule has 3 N–H and O–H groups in total. The Hall–Kier alpha value is -1.88. The highest BCUT2D eigenvalue weighted by molar-refractivity contribution is 5.86. The summed E-state index contributed by atoms with van der Waals surface area (Å²) in [7, 11) is 0. The van der Waals surface area contributed by atoms with Crippen LogP contribution >= 0.6 is 0 Å². The van der Waals surface area contributed by atoms with E-state index in [0.29, 0.717) is 19.5 Å². The Labute approximate surface area is 143 Å². The molecule has 2 fully saturated rings. The zero-order chi connectivity index (χ0) is 17.0. The third-order valence-corrected chi connectivity index (χ3v) is 5.19. The number of hydrogen-bond donors (Lipinski definition) is 2. The number of carbonyl (C=O) groups excluding carboxylic acids is 2. The van der Waals surface area contributed by atoms with E-state index < -0.39 is 5.54 Å². The van der Waals surface area contributed by atoms with Crippen molar-refractivity contribution in [3.8, 4) is 0 Å². The summed E-state index contributed by atoms with van der Waals surface area (Å²) in [4.78, 5) is 26.1. The molecule has 5 nitrogen and oxygen atoms in total. The maximum atomic E-state index is 12.4. The number of nitrogens with two attached hydrogens (primary N) is 1. The van der Waals surface area contributed by atoms with E-state index in [1.165, 1.54) is 6.42 Å². The van der Waals surface area contributed by atoms with Gasteiger partial charge in [-0.1, -0.05) is 43.5 Å². The summed E-state index contributed by atoms with van der Waals surface area (Å²) in [5.41, 5.74) is 7.72. The fourth-order valence-electron chi connectivity index (χ4n) is 3.70. The molecule has 1 heterocycles. The van der Waals surface area contributed by atoms with Crippen LogP contribution in [0.15, 0.2) is 24.3 Å². The second-order valence-corrected chi connectivity index (χ2v) is 7.14. The quantitative estimate of drug-likeness (QED) is 0.868. The van der Waals surface area contributed by atoms with Crippen molar-refractivity contribution in [3.05, 3.63) is 35.4 Å². The van der Waals surface area contributed by atoms with Crippen molar-refractivity contribution in [2.45, 2.75) is 63.6 Å². The zero-order valence-corrected chi connectivity index (χ0v) is 14.2. The lowest BCUT2D eigenvalue weighted by molar-refractivity contribution is -0.128. The number of amides is 2. The highest BCUT2D eigenvalue weighted by atomic mass is 16.2. The third kappa shape index (κ3) is 3.96. The molecule has 1 saturated heterocycles. The minimum Gasteiger partial charge on any atom is -0.350 e. The normalized spacial score (nSPS) is 20.2. The highest BCUT2D eigenvalue weighted by Crippen LogP contribution is 2.26. The van der Waals surface area contributed by atoms with Gasteiger partial charge in [0.05, 0.1) is 5.54 Å². The number of benzene rings is 1. The van der Waals surface area contributed by atoms with E-state index in [-0.39, 0.29) is 11.8 Å². The lowest BCUT2D eigenvalue weighted by atomic mass is 9.82. The van der Waals surface area contributed by atoms with Crippen LogP contribution < -0.4 is 11.1 Å². The molecule has 0 atom stereocenters. The first-order valence-corrected chi connectivity index (χ1v) is 9.00. The van der Waals surface area contributed by atoms with Crippen molar-refractivity contribution in [3.63, 3.8) is 0 Å². The van der Waals surface area contributed by atoms with Gasteiger partial charge in [0.2, 0.25) is 11.8 Å². The number of likely N-dealkylation sites (tertiary alicyclic amines) is 1. The Morgan fingerprint density at radius 3 is 2.62 bits per heavy atom. The number of hydrogen-bond acceptors (Lipinski definition) is 3. The van der Waals surface area contributed by atoms with Crippen LogP contribution in [0.25, 0.3) is 0 Å². The summed E-state index contributed by atoms with van der Waals surface area (Å²) >= 11 is 0. The van der Waals surface area contributed by atoms with Gasteiger partial charge >= 0.3 is 0 Å². The molecule has 0 aromatic heterocycles. The molecule has 0 unspecified atom stereocenters. The molecule has 0 radical (unpaired) electrons. The van der Waals surface area contributed by atoms with E-state index in [4.69, 9.17) is 5.73 Å². The van der Waals surface area contributed by atoms with E-state index in [2.05, 4.69) is 11.4 Å². The Bertz CT molecular complexity index is 608. The Morgan fingerprint density at radius 2 is 1.92 bits per heavy atom. The van der Waals surface area contributed by atoms with E-state index in [1.807, 2.05) is 23.1 Å². The maximum absolute atomic E-state index is 12.4. The van der Waals surface area contributed by atoms with Crippen LogP contribution in [0.3, 0.4) is 0 Å². The number of carbonyl (C=O) groups is 2. The van der Waals surface area contributed by atoms with Crippen molar-refractivity contribution >= 4 is 11.8 Å². The molecule has 130 valence electrons. The summed E-state index contributed by atoms with van der Waals surface area (Å²) in [6.45, 7) is 1.98. The highest BCUT2D eigenvalue weighted by Gasteiger charge is 2.34. The van der Waals surface area contributed by atoms with Crippen molar-refractivity contribution in [2.75, 3.05) is 6.54 Å². The molecule has 1 saturated carbocycles. The van der Waals surface area contributed by atoms with Crippen LogP contribution in [0.5, 0.6) is 0 Å². The van der Waals surface area contributed by atoms with Crippen LogP contribution in [0, 0.1) is 0 Å². The summed E-state index contributed by atoms with van der Waals surface area (Å²) in [5, 5.41) is 2.99. The lowest BCUT2D eigenvalue weighted by Crippen LogP contribution is -2.54. The van der Waals surface area contributed by atoms with Gasteiger partial charge in [-0.05, 0) is 30.4 Å². The molecule has 1 aromatic rings. The van der Waals surface area contributed by atoms with Gasteiger partial charge in [-0.15, -0.1) is 0 Å². The fourth-order valence-corrected chi connectivity index (χ4v) is 3.70. The van der Waals surface area contributed by atoms with Crippen molar-refractivity contribution in [2.24, 2.45) is 5.73 Å². The van der Waals surface area contributed by atoms with Gasteiger partial charge in [0.25, 0.3) is 0 Å². The predicted molar refractivity (Wildman–Crippen MR) is 92.9 cm³/mol. The largest absolute Gasteiger partial charge is 0.350 e. The standard InChI is InChI=1S/C19H27N3O2/c20-19(9-2-1-3-10-19)18(24)21-13-15-6-4-7-16(12-15)14-22-11-5-8-17(22)23/h4,6-7,12H,1-3,5,8-11,13-14,20H2,(H,21,24). The second-order valence-electron chi connectivity index (χ2n) is 7.14. The van der Waals surface area contributed by atoms with Gasteiger partial charge in [-0.25, -0.2) is 0 Å². The van der Waals surface area contributed by atoms with Gasteiger partial charge < -0.3 is 16.0 Å². The molecule has 5 heteroatoms. The van der Waals surface area contributed by atoms with E-state index in [1.54, 1.807) is 0 Å². The number of nitrogens with zero attached hydrogens (tertiary/aromatic N) is 1. The summed E-state index contributed by atoms with van der Waals surface area (Å²) in [5.74, 6) is 0.193. The van der Waals surface area contributed by atoms with E-state index in [9.17, 15) is 9.59 Å². The average molecular weight is 329 g/mol. The maximum Gasteiger partial charge on any atom is 0.240 e. The lowest BCUT2D eigenvalue weighted by Gasteiger charge is -2.31. The van der Waals surface area contributed by atoms with E-state index in [0.717, 1.165) is 49.8 Å². The Balaban J connectivity index is 1.56. The van der Waals surface area contributed by atoms with Crippen LogP contribution in [0.4, 0.5) is 0 Å². The molecule has 2 aliphatic rings. The molecule has 0 spiro atoms. The fraction of sp³-hybridized carbons (Fsp3) is 0.579. The molecule has 24 heavy (non-hydrogen) atoms. The number of nitrogens with one attached hydrogen (secondary N) is 1. The van der Waals surface area contributed by atoms with Crippen LogP contribution in [-0.4, -0.2) is 28.8 Å². The summed E-state index contributed by atoms with van der Waals surface area (Å²) in [6.07, 6.45) is 6.39. The van der Waals surface area contributed by atoms with Crippen molar-refractivity contribution < 1.29 is 9.59 Å². The molecule has 1 aliphatic carbocycles.